The van der Waals surface area contributed by atoms with Crippen molar-refractivity contribution in [3.05, 3.63) is 47.3 Å². The number of alkyl halides is 5. The molecule has 0 radical (unpaired) electrons. The number of hydrogen-bond acceptors (Lipinski definition) is 0. The van der Waals surface area contributed by atoms with Crippen molar-refractivity contribution in [1.82, 2.24) is 0 Å². The minimum absolute atomic E-state index is 0.0199. The van der Waals surface area contributed by atoms with Gasteiger partial charge < -0.3 is 0 Å². The first kappa shape index (κ1) is 17.9. The summed E-state index contributed by atoms with van der Waals surface area (Å²) in [6.45, 7) is 0. The van der Waals surface area contributed by atoms with E-state index in [1.165, 1.54) is 12.1 Å². The van der Waals surface area contributed by atoms with E-state index in [0.717, 1.165) is 25.0 Å². The van der Waals surface area contributed by atoms with Gasteiger partial charge in [-0.1, -0.05) is 18.2 Å². The van der Waals surface area contributed by atoms with Crippen LogP contribution >= 0.6 is 0 Å². The van der Waals surface area contributed by atoms with Crippen LogP contribution < -0.4 is 0 Å². The molecule has 0 unspecified atom stereocenters. The SMILES string of the molecule is Fc1cc(C2CCC(C=CCC(F)F)CC2)ccc1C(F)(F)F. The van der Waals surface area contributed by atoms with E-state index in [2.05, 4.69) is 0 Å². The maximum atomic E-state index is 13.6. The molecule has 0 spiro atoms. The van der Waals surface area contributed by atoms with Gasteiger partial charge in [0.2, 0.25) is 6.43 Å². The largest absolute Gasteiger partial charge is 0.419 e. The Kier molecular flexibility index (Phi) is 5.76. The first-order valence-corrected chi connectivity index (χ1v) is 7.59. The molecule has 0 atom stereocenters. The summed E-state index contributed by atoms with van der Waals surface area (Å²) in [6, 6.07) is 3.10. The molecule has 2 rings (SSSR count). The summed E-state index contributed by atoms with van der Waals surface area (Å²) in [5.41, 5.74) is -0.671. The second-order valence-corrected chi connectivity index (χ2v) is 5.90. The van der Waals surface area contributed by atoms with Gasteiger partial charge in [-0.05, 0) is 55.2 Å². The Bertz CT molecular complexity index is 539. The fraction of sp³-hybridized carbons (Fsp3) is 0.529. The minimum Gasteiger partial charge on any atom is -0.210 e. The van der Waals surface area contributed by atoms with Crippen molar-refractivity contribution >= 4 is 0 Å². The molecular weight excluding hydrogens is 318 g/mol. The average Bonchev–Trinajstić information content (AvgIpc) is 2.46. The molecule has 1 aliphatic rings. The van der Waals surface area contributed by atoms with E-state index in [0.29, 0.717) is 18.4 Å². The van der Waals surface area contributed by atoms with Crippen LogP contribution in [-0.2, 0) is 6.18 Å². The summed E-state index contributed by atoms with van der Waals surface area (Å²) in [5.74, 6) is -1.01. The number of benzene rings is 1. The van der Waals surface area contributed by atoms with Crippen LogP contribution in [0.25, 0.3) is 0 Å². The Balaban J connectivity index is 1.95. The lowest BCUT2D eigenvalue weighted by molar-refractivity contribution is -0.140. The molecule has 0 bridgehead atoms. The Labute approximate surface area is 131 Å². The maximum Gasteiger partial charge on any atom is 0.419 e. The second-order valence-electron chi connectivity index (χ2n) is 5.90. The van der Waals surface area contributed by atoms with Crippen molar-refractivity contribution in [2.45, 2.75) is 50.6 Å². The summed E-state index contributed by atoms with van der Waals surface area (Å²) < 4.78 is 75.4. The van der Waals surface area contributed by atoms with Crippen molar-refractivity contribution in [3.63, 3.8) is 0 Å². The predicted molar refractivity (Wildman–Crippen MR) is 75.9 cm³/mol. The maximum absolute atomic E-state index is 13.6. The highest BCUT2D eigenvalue weighted by Gasteiger charge is 2.34. The van der Waals surface area contributed by atoms with E-state index < -0.39 is 24.0 Å². The molecule has 0 N–H and O–H groups in total. The normalized spacial score (nSPS) is 22.9. The zero-order valence-corrected chi connectivity index (χ0v) is 12.4. The molecule has 1 saturated carbocycles. The summed E-state index contributed by atoms with van der Waals surface area (Å²) in [5, 5.41) is 0. The lowest BCUT2D eigenvalue weighted by atomic mass is 9.78. The summed E-state index contributed by atoms with van der Waals surface area (Å²) in [7, 11) is 0. The van der Waals surface area contributed by atoms with Gasteiger partial charge in [0.05, 0.1) is 5.56 Å². The van der Waals surface area contributed by atoms with Crippen LogP contribution in [0.1, 0.15) is 49.1 Å². The Morgan fingerprint density at radius 1 is 1.09 bits per heavy atom. The summed E-state index contributed by atoms with van der Waals surface area (Å²) >= 11 is 0. The molecule has 0 heterocycles. The molecule has 1 aromatic rings. The molecule has 23 heavy (non-hydrogen) atoms. The molecule has 0 nitrogen and oxygen atoms in total. The molecule has 0 amide bonds. The van der Waals surface area contributed by atoms with E-state index in [1.807, 2.05) is 0 Å². The van der Waals surface area contributed by atoms with Gasteiger partial charge in [-0.2, -0.15) is 13.2 Å². The third kappa shape index (κ3) is 5.01. The van der Waals surface area contributed by atoms with Crippen LogP contribution in [0.2, 0.25) is 0 Å². The zero-order valence-electron chi connectivity index (χ0n) is 12.4. The monoisotopic (exact) mass is 336 g/mol. The third-order valence-corrected chi connectivity index (χ3v) is 4.26. The predicted octanol–water partition coefficient (Wildman–Crippen LogP) is 6.33. The number of rotatable bonds is 4. The van der Waals surface area contributed by atoms with Crippen LogP contribution in [0.4, 0.5) is 26.3 Å². The average molecular weight is 336 g/mol. The lowest BCUT2D eigenvalue weighted by Gasteiger charge is -2.27. The van der Waals surface area contributed by atoms with Gasteiger partial charge in [-0.25, -0.2) is 13.2 Å². The molecule has 1 aromatic carbocycles. The quantitative estimate of drug-likeness (QED) is 0.445. The van der Waals surface area contributed by atoms with Crippen molar-refractivity contribution in [2.75, 3.05) is 0 Å². The molecule has 1 fully saturated rings. The van der Waals surface area contributed by atoms with E-state index >= 15 is 0 Å². The number of allylic oxidation sites excluding steroid dienone is 2. The molecule has 1 aliphatic carbocycles. The van der Waals surface area contributed by atoms with Crippen LogP contribution in [0.5, 0.6) is 0 Å². The third-order valence-electron chi connectivity index (χ3n) is 4.26. The molecular formula is C17H18F6. The Morgan fingerprint density at radius 2 is 1.74 bits per heavy atom. The molecule has 128 valence electrons. The molecule has 6 heteroatoms. The Morgan fingerprint density at radius 3 is 2.26 bits per heavy atom. The minimum atomic E-state index is -4.68. The fourth-order valence-corrected chi connectivity index (χ4v) is 3.03. The smallest absolute Gasteiger partial charge is 0.210 e. The topological polar surface area (TPSA) is 0 Å². The van der Waals surface area contributed by atoms with E-state index in [9.17, 15) is 26.3 Å². The number of hydrogen-bond donors (Lipinski definition) is 0. The van der Waals surface area contributed by atoms with Gasteiger partial charge in [0, 0.05) is 6.42 Å². The lowest BCUT2D eigenvalue weighted by Crippen LogP contribution is -2.13. The molecule has 0 aromatic heterocycles. The molecule has 0 saturated heterocycles. The van der Waals surface area contributed by atoms with E-state index in [-0.39, 0.29) is 18.3 Å². The highest BCUT2D eigenvalue weighted by molar-refractivity contribution is 5.29. The van der Waals surface area contributed by atoms with Gasteiger partial charge in [-0.15, -0.1) is 0 Å². The van der Waals surface area contributed by atoms with E-state index in [4.69, 9.17) is 0 Å². The summed E-state index contributed by atoms with van der Waals surface area (Å²) in [6.07, 6.45) is -1.05. The van der Waals surface area contributed by atoms with Crippen LogP contribution in [0.3, 0.4) is 0 Å². The van der Waals surface area contributed by atoms with Gasteiger partial charge >= 0.3 is 6.18 Å². The standard InChI is InChI=1S/C17H18F6/c18-15-10-13(8-9-14(15)17(21,22)23)12-6-4-11(5-7-12)2-1-3-16(19)20/h1-2,8-12,16H,3-7H2. The highest BCUT2D eigenvalue weighted by Crippen LogP contribution is 2.38. The number of halogens is 6. The van der Waals surface area contributed by atoms with Crippen molar-refractivity contribution in [1.29, 1.82) is 0 Å². The van der Waals surface area contributed by atoms with Gasteiger partial charge in [-0.3, -0.25) is 0 Å². The Hall–Kier alpha value is -1.46. The fourth-order valence-electron chi connectivity index (χ4n) is 3.03. The van der Waals surface area contributed by atoms with Crippen molar-refractivity contribution < 1.29 is 26.3 Å². The van der Waals surface area contributed by atoms with Crippen molar-refractivity contribution in [2.24, 2.45) is 5.92 Å². The van der Waals surface area contributed by atoms with Crippen LogP contribution in [0.15, 0.2) is 30.4 Å². The van der Waals surface area contributed by atoms with Gasteiger partial charge in [0.1, 0.15) is 5.82 Å². The van der Waals surface area contributed by atoms with Crippen LogP contribution in [0, 0.1) is 11.7 Å². The van der Waals surface area contributed by atoms with E-state index in [1.54, 1.807) is 6.08 Å². The molecule has 0 aliphatic heterocycles. The zero-order chi connectivity index (χ0) is 17.0. The first-order valence-electron chi connectivity index (χ1n) is 7.59. The van der Waals surface area contributed by atoms with Crippen LogP contribution in [-0.4, -0.2) is 6.43 Å². The van der Waals surface area contributed by atoms with Gasteiger partial charge in [0.25, 0.3) is 0 Å². The van der Waals surface area contributed by atoms with Crippen molar-refractivity contribution in [3.8, 4) is 0 Å². The first-order chi connectivity index (χ1) is 10.8. The highest BCUT2D eigenvalue weighted by atomic mass is 19.4. The van der Waals surface area contributed by atoms with Gasteiger partial charge in [0.15, 0.2) is 0 Å². The summed E-state index contributed by atoms with van der Waals surface area (Å²) in [4.78, 5) is 0. The second kappa shape index (κ2) is 7.41.